The second-order valence-corrected chi connectivity index (χ2v) is 7.58. The third-order valence-corrected chi connectivity index (χ3v) is 6.01. The third-order valence-electron chi connectivity index (χ3n) is 6.01. The molecule has 3 fully saturated rings. The zero-order valence-corrected chi connectivity index (χ0v) is 14.9. The van der Waals surface area contributed by atoms with Crippen molar-refractivity contribution in [1.29, 1.82) is 0 Å². The Morgan fingerprint density at radius 3 is 2.52 bits per heavy atom. The molecule has 0 N–H and O–H groups in total. The van der Waals surface area contributed by atoms with Gasteiger partial charge >= 0.3 is 0 Å². The molecule has 5 nitrogen and oxygen atoms in total. The minimum absolute atomic E-state index is 0.164. The lowest BCUT2D eigenvalue weighted by atomic mass is 9.85. The van der Waals surface area contributed by atoms with Crippen LogP contribution in [0.25, 0.3) is 0 Å². The van der Waals surface area contributed by atoms with Crippen LogP contribution >= 0.6 is 0 Å². The van der Waals surface area contributed by atoms with E-state index in [2.05, 4.69) is 34.1 Å². The molecule has 0 aromatic heterocycles. The molecular weight excluding hydrogens is 316 g/mol. The highest BCUT2D eigenvalue weighted by Gasteiger charge is 2.51. The van der Waals surface area contributed by atoms with Crippen LogP contribution in [0.15, 0.2) is 30.3 Å². The Morgan fingerprint density at radius 1 is 1.04 bits per heavy atom. The van der Waals surface area contributed by atoms with Crippen molar-refractivity contribution in [3.05, 3.63) is 35.9 Å². The summed E-state index contributed by atoms with van der Waals surface area (Å²) in [4.78, 5) is 17.6. The lowest BCUT2D eigenvalue weighted by molar-refractivity contribution is -0.135. The van der Waals surface area contributed by atoms with Gasteiger partial charge in [-0.3, -0.25) is 9.69 Å². The van der Waals surface area contributed by atoms with Crippen LogP contribution in [0.3, 0.4) is 0 Å². The summed E-state index contributed by atoms with van der Waals surface area (Å²) in [5, 5.41) is 0. The molecule has 1 spiro atoms. The minimum Gasteiger partial charge on any atom is -0.377 e. The van der Waals surface area contributed by atoms with Crippen molar-refractivity contribution in [2.45, 2.75) is 25.3 Å². The van der Waals surface area contributed by atoms with E-state index in [1.807, 2.05) is 6.07 Å². The van der Waals surface area contributed by atoms with E-state index in [-0.39, 0.29) is 5.41 Å². The summed E-state index contributed by atoms with van der Waals surface area (Å²) >= 11 is 0. The molecule has 3 saturated heterocycles. The van der Waals surface area contributed by atoms with E-state index in [1.165, 1.54) is 5.56 Å². The molecule has 0 saturated carbocycles. The molecule has 0 bridgehead atoms. The average Bonchev–Trinajstić information content (AvgIpc) is 3.08. The Kier molecular flexibility index (Phi) is 5.06. The van der Waals surface area contributed by atoms with Gasteiger partial charge in [-0.1, -0.05) is 30.3 Å². The zero-order chi connectivity index (χ0) is 17.1. The van der Waals surface area contributed by atoms with E-state index in [9.17, 15) is 4.79 Å². The maximum Gasteiger partial charge on any atom is 0.230 e. The molecule has 136 valence electrons. The highest BCUT2D eigenvalue weighted by molar-refractivity contribution is 5.85. The lowest BCUT2D eigenvalue weighted by Gasteiger charge is -2.28. The standard InChI is InChI=1S/C20H28N2O3/c23-19-20(7-10-21(19)9-6-17-4-2-1-3-5-17)8-11-22(16-20)18-14-24-12-13-25-15-18/h1-5,18H,6-16H2. The lowest BCUT2D eigenvalue weighted by Crippen LogP contribution is -2.43. The number of hydrogen-bond donors (Lipinski definition) is 0. The zero-order valence-electron chi connectivity index (χ0n) is 14.9. The summed E-state index contributed by atoms with van der Waals surface area (Å²) in [6.45, 7) is 6.39. The van der Waals surface area contributed by atoms with Crippen LogP contribution in [0.5, 0.6) is 0 Å². The quantitative estimate of drug-likeness (QED) is 0.831. The van der Waals surface area contributed by atoms with Crippen LogP contribution in [0.4, 0.5) is 0 Å². The van der Waals surface area contributed by atoms with E-state index in [0.717, 1.165) is 58.7 Å². The first-order chi connectivity index (χ1) is 12.3. The van der Waals surface area contributed by atoms with Gasteiger partial charge in [0.15, 0.2) is 0 Å². The molecule has 1 aromatic rings. The fourth-order valence-corrected chi connectivity index (χ4v) is 4.43. The molecule has 25 heavy (non-hydrogen) atoms. The van der Waals surface area contributed by atoms with Gasteiger partial charge in [-0.15, -0.1) is 0 Å². The summed E-state index contributed by atoms with van der Waals surface area (Å²) in [5.74, 6) is 0.362. The summed E-state index contributed by atoms with van der Waals surface area (Å²) in [6.07, 6.45) is 2.91. The molecule has 4 rings (SSSR count). The maximum atomic E-state index is 13.1. The smallest absolute Gasteiger partial charge is 0.230 e. The Bertz CT molecular complexity index is 586. The molecule has 3 heterocycles. The van der Waals surface area contributed by atoms with Crippen molar-refractivity contribution >= 4 is 5.91 Å². The van der Waals surface area contributed by atoms with Crippen LogP contribution in [0.1, 0.15) is 18.4 Å². The van der Waals surface area contributed by atoms with Gasteiger partial charge in [-0.2, -0.15) is 0 Å². The van der Waals surface area contributed by atoms with Gasteiger partial charge in [0.05, 0.1) is 37.9 Å². The molecular formula is C20H28N2O3. The summed E-state index contributed by atoms with van der Waals surface area (Å²) in [7, 11) is 0. The largest absolute Gasteiger partial charge is 0.377 e. The molecule has 1 aromatic carbocycles. The molecule has 1 amide bonds. The van der Waals surface area contributed by atoms with Crippen molar-refractivity contribution in [3.63, 3.8) is 0 Å². The molecule has 5 heteroatoms. The summed E-state index contributed by atoms with van der Waals surface area (Å²) < 4.78 is 11.3. The Morgan fingerprint density at radius 2 is 1.76 bits per heavy atom. The SMILES string of the molecule is O=C1N(CCc2ccccc2)CCC12CCN(C1COCCOC1)C2. The number of ether oxygens (including phenoxy) is 2. The molecule has 0 aliphatic carbocycles. The summed E-state index contributed by atoms with van der Waals surface area (Å²) in [6, 6.07) is 10.7. The Balaban J connectivity index is 1.34. The molecule has 3 aliphatic heterocycles. The van der Waals surface area contributed by atoms with Crippen LogP contribution in [-0.4, -0.2) is 74.4 Å². The predicted octanol–water partition coefficient (Wildman–Crippen LogP) is 1.57. The van der Waals surface area contributed by atoms with Gasteiger partial charge in [0.1, 0.15) is 0 Å². The number of nitrogens with zero attached hydrogens (tertiary/aromatic N) is 2. The topological polar surface area (TPSA) is 42.0 Å². The second-order valence-electron chi connectivity index (χ2n) is 7.58. The number of carbonyl (C=O) groups is 1. The van der Waals surface area contributed by atoms with E-state index in [0.29, 0.717) is 25.2 Å². The fourth-order valence-electron chi connectivity index (χ4n) is 4.43. The molecule has 3 aliphatic rings. The van der Waals surface area contributed by atoms with Crippen molar-refractivity contribution in [2.75, 3.05) is 52.6 Å². The molecule has 0 radical (unpaired) electrons. The minimum atomic E-state index is -0.164. The van der Waals surface area contributed by atoms with Crippen LogP contribution in [0.2, 0.25) is 0 Å². The Hall–Kier alpha value is -1.43. The average molecular weight is 344 g/mol. The molecule has 1 unspecified atom stereocenters. The van der Waals surface area contributed by atoms with Crippen molar-refractivity contribution in [2.24, 2.45) is 5.41 Å². The number of likely N-dealkylation sites (tertiary alicyclic amines) is 2. The number of carbonyl (C=O) groups excluding carboxylic acids is 1. The van der Waals surface area contributed by atoms with E-state index in [4.69, 9.17) is 9.47 Å². The van der Waals surface area contributed by atoms with E-state index >= 15 is 0 Å². The number of rotatable bonds is 4. The third kappa shape index (κ3) is 3.59. The van der Waals surface area contributed by atoms with Crippen LogP contribution in [-0.2, 0) is 20.7 Å². The first kappa shape index (κ1) is 17.0. The second kappa shape index (κ2) is 7.44. The van der Waals surface area contributed by atoms with Crippen LogP contribution < -0.4 is 0 Å². The van der Waals surface area contributed by atoms with Gasteiger partial charge < -0.3 is 14.4 Å². The maximum absolute atomic E-state index is 13.1. The monoisotopic (exact) mass is 344 g/mol. The highest BCUT2D eigenvalue weighted by atomic mass is 16.5. The summed E-state index contributed by atoms with van der Waals surface area (Å²) in [5.41, 5.74) is 1.14. The molecule has 1 atom stereocenters. The Labute approximate surface area is 149 Å². The normalized spacial score (nSPS) is 28.8. The van der Waals surface area contributed by atoms with Crippen LogP contribution in [0, 0.1) is 5.41 Å². The first-order valence-electron chi connectivity index (χ1n) is 9.50. The van der Waals surface area contributed by atoms with Gasteiger partial charge in [0.25, 0.3) is 0 Å². The van der Waals surface area contributed by atoms with Crippen molar-refractivity contribution < 1.29 is 14.3 Å². The van der Waals surface area contributed by atoms with E-state index in [1.54, 1.807) is 0 Å². The van der Waals surface area contributed by atoms with Crippen molar-refractivity contribution in [3.8, 4) is 0 Å². The van der Waals surface area contributed by atoms with Gasteiger partial charge in [-0.05, 0) is 31.4 Å². The number of benzene rings is 1. The predicted molar refractivity (Wildman–Crippen MR) is 95.4 cm³/mol. The van der Waals surface area contributed by atoms with Crippen molar-refractivity contribution in [1.82, 2.24) is 9.80 Å². The first-order valence-corrected chi connectivity index (χ1v) is 9.50. The highest BCUT2D eigenvalue weighted by Crippen LogP contribution is 2.41. The van der Waals surface area contributed by atoms with E-state index < -0.39 is 0 Å². The fraction of sp³-hybridized carbons (Fsp3) is 0.650. The number of hydrogen-bond acceptors (Lipinski definition) is 4. The number of amides is 1. The van der Waals surface area contributed by atoms with Gasteiger partial charge in [0.2, 0.25) is 5.91 Å². The van der Waals surface area contributed by atoms with Gasteiger partial charge in [0, 0.05) is 19.6 Å². The van der Waals surface area contributed by atoms with Gasteiger partial charge in [-0.25, -0.2) is 0 Å².